The van der Waals surface area contributed by atoms with Crippen LogP contribution in [0.25, 0.3) is 0 Å². The Labute approximate surface area is 55.8 Å². The number of fused-ring (bicyclic) bond motifs is 1. The quantitative estimate of drug-likeness (QED) is 0.414. The molecule has 10 heavy (non-hydrogen) atoms. The summed E-state index contributed by atoms with van der Waals surface area (Å²) >= 11 is 0. The molecule has 0 spiro atoms. The molecule has 0 amide bonds. The number of hydrogen-bond donors (Lipinski definition) is 1. The van der Waals surface area contributed by atoms with Crippen LogP contribution in [0.2, 0.25) is 0 Å². The van der Waals surface area contributed by atoms with Crippen molar-refractivity contribution in [2.45, 2.75) is 0 Å². The summed E-state index contributed by atoms with van der Waals surface area (Å²) in [6.07, 6.45) is 1.53. The number of rotatable bonds is 0. The van der Waals surface area contributed by atoms with Crippen LogP contribution < -0.4 is 0 Å². The molecule has 2 heterocycles. The third-order valence-electron chi connectivity index (χ3n) is 1.36. The first kappa shape index (κ1) is 5.22. The van der Waals surface area contributed by atoms with E-state index in [1.807, 2.05) is 0 Å². The maximum Gasteiger partial charge on any atom is 0.363 e. The van der Waals surface area contributed by atoms with Gasteiger partial charge in [0.05, 0.1) is 5.56 Å². The molecule has 2 rings (SSSR count). The molecule has 50 valence electrons. The van der Waals surface area contributed by atoms with Crippen LogP contribution in [-0.2, 0) is 4.74 Å². The van der Waals surface area contributed by atoms with Crippen LogP contribution in [0.5, 0.6) is 0 Å². The van der Waals surface area contributed by atoms with Gasteiger partial charge < -0.3 is 9.72 Å². The highest BCUT2D eigenvalue weighted by molar-refractivity contribution is 6.13. The lowest BCUT2D eigenvalue weighted by atomic mass is 10.3. The molecule has 1 aliphatic rings. The Balaban J connectivity index is 2.69. The molecule has 1 aromatic heterocycles. The van der Waals surface area contributed by atoms with Gasteiger partial charge in [-0.3, -0.25) is 0 Å². The lowest BCUT2D eigenvalue weighted by Crippen LogP contribution is -1.98. The zero-order chi connectivity index (χ0) is 7.14. The molecule has 1 aliphatic heterocycles. The monoisotopic (exact) mass is 137 g/mol. The fraction of sp³-hybridized carbons (Fsp3) is 0. The summed E-state index contributed by atoms with van der Waals surface area (Å²) in [4.78, 5) is 23.9. The van der Waals surface area contributed by atoms with Crippen LogP contribution in [0.3, 0.4) is 0 Å². The molecule has 4 nitrogen and oxygen atoms in total. The number of nitrogens with one attached hydrogen (secondary N) is 1. The van der Waals surface area contributed by atoms with E-state index in [1.165, 1.54) is 12.3 Å². The Bertz CT molecular complexity index is 284. The van der Waals surface area contributed by atoms with Crippen LogP contribution >= 0.6 is 0 Å². The number of H-pyrrole nitrogens is 1. The third-order valence-corrected chi connectivity index (χ3v) is 1.36. The van der Waals surface area contributed by atoms with Crippen molar-refractivity contribution in [1.29, 1.82) is 0 Å². The predicted molar refractivity (Wildman–Crippen MR) is 30.5 cm³/mol. The van der Waals surface area contributed by atoms with Crippen molar-refractivity contribution >= 4 is 11.9 Å². The van der Waals surface area contributed by atoms with Crippen molar-refractivity contribution in [2.75, 3.05) is 0 Å². The smallest absolute Gasteiger partial charge is 0.363 e. The Kier molecular flexibility index (Phi) is 0.768. The van der Waals surface area contributed by atoms with Gasteiger partial charge in [0.25, 0.3) is 0 Å². The van der Waals surface area contributed by atoms with Gasteiger partial charge in [0.1, 0.15) is 5.69 Å². The number of cyclic esters (lactones) is 2. The first-order chi connectivity index (χ1) is 4.79. The van der Waals surface area contributed by atoms with E-state index in [1.54, 1.807) is 0 Å². The largest absolute Gasteiger partial charge is 0.385 e. The summed E-state index contributed by atoms with van der Waals surface area (Å²) in [7, 11) is 0. The molecule has 0 aliphatic carbocycles. The molecule has 0 saturated heterocycles. The number of aromatic amines is 1. The fourth-order valence-electron chi connectivity index (χ4n) is 0.899. The van der Waals surface area contributed by atoms with Crippen molar-refractivity contribution in [3.63, 3.8) is 0 Å². The first-order valence-electron chi connectivity index (χ1n) is 2.73. The van der Waals surface area contributed by atoms with Crippen LogP contribution in [0, 0.1) is 0 Å². The number of esters is 2. The molecule has 0 fully saturated rings. The highest BCUT2D eigenvalue weighted by atomic mass is 16.6. The van der Waals surface area contributed by atoms with Crippen molar-refractivity contribution in [1.82, 2.24) is 4.98 Å². The van der Waals surface area contributed by atoms with Crippen LogP contribution in [0.1, 0.15) is 20.8 Å². The highest BCUT2D eigenvalue weighted by Crippen LogP contribution is 2.16. The number of ether oxygens (including phenoxy) is 1. The molecule has 0 saturated carbocycles. The van der Waals surface area contributed by atoms with Gasteiger partial charge in [0.2, 0.25) is 0 Å². The summed E-state index contributed by atoms with van der Waals surface area (Å²) in [5, 5.41) is 0. The summed E-state index contributed by atoms with van der Waals surface area (Å²) in [6.45, 7) is 0. The van der Waals surface area contributed by atoms with Crippen molar-refractivity contribution in [3.05, 3.63) is 23.5 Å². The summed E-state index contributed by atoms with van der Waals surface area (Å²) < 4.78 is 4.26. The lowest BCUT2D eigenvalue weighted by Gasteiger charge is -1.83. The molecule has 1 aromatic rings. The van der Waals surface area contributed by atoms with Gasteiger partial charge in [-0.05, 0) is 6.07 Å². The van der Waals surface area contributed by atoms with E-state index in [0.717, 1.165) is 0 Å². The molecule has 0 radical (unpaired) electrons. The van der Waals surface area contributed by atoms with Crippen LogP contribution in [0.15, 0.2) is 12.3 Å². The lowest BCUT2D eigenvalue weighted by molar-refractivity contribution is 0.0440. The van der Waals surface area contributed by atoms with Gasteiger partial charge in [-0.25, -0.2) is 9.59 Å². The molecule has 1 N–H and O–H groups in total. The minimum Gasteiger partial charge on any atom is -0.385 e. The molecule has 4 heteroatoms. The van der Waals surface area contributed by atoms with Gasteiger partial charge in [0.15, 0.2) is 0 Å². The fourth-order valence-corrected chi connectivity index (χ4v) is 0.899. The molecule has 0 bridgehead atoms. The van der Waals surface area contributed by atoms with Crippen molar-refractivity contribution in [2.24, 2.45) is 0 Å². The number of carbonyl (C=O) groups excluding carboxylic acids is 2. The maximum absolute atomic E-state index is 10.7. The van der Waals surface area contributed by atoms with E-state index in [0.29, 0.717) is 5.56 Å². The Morgan fingerprint density at radius 2 is 2.10 bits per heavy atom. The standard InChI is InChI=1S/C6H3NO3/c8-5-3-1-2-7-4(3)6(9)10-5/h1-2,7H. The Hall–Kier alpha value is -1.58. The Morgan fingerprint density at radius 1 is 1.30 bits per heavy atom. The zero-order valence-electron chi connectivity index (χ0n) is 4.88. The second-order valence-corrected chi connectivity index (χ2v) is 1.94. The average molecular weight is 137 g/mol. The SMILES string of the molecule is O=C1OC(=O)c2[nH]ccc21. The van der Waals surface area contributed by atoms with Gasteiger partial charge in [-0.15, -0.1) is 0 Å². The van der Waals surface area contributed by atoms with E-state index in [2.05, 4.69) is 9.72 Å². The number of aromatic nitrogens is 1. The van der Waals surface area contributed by atoms with Gasteiger partial charge in [-0.1, -0.05) is 0 Å². The van der Waals surface area contributed by atoms with E-state index in [-0.39, 0.29) is 5.69 Å². The molecule has 0 atom stereocenters. The predicted octanol–water partition coefficient (Wildman–Crippen LogP) is 0.325. The minimum atomic E-state index is -0.593. The first-order valence-corrected chi connectivity index (χ1v) is 2.73. The van der Waals surface area contributed by atoms with E-state index in [4.69, 9.17) is 0 Å². The number of hydrogen-bond acceptors (Lipinski definition) is 3. The summed E-state index contributed by atoms with van der Waals surface area (Å²) in [6, 6.07) is 1.52. The van der Waals surface area contributed by atoms with Gasteiger partial charge in [-0.2, -0.15) is 0 Å². The van der Waals surface area contributed by atoms with E-state index < -0.39 is 11.9 Å². The summed E-state index contributed by atoms with van der Waals surface area (Å²) in [5.41, 5.74) is 0.579. The molecule has 0 aromatic carbocycles. The number of carbonyl (C=O) groups is 2. The van der Waals surface area contributed by atoms with Crippen LogP contribution in [-0.4, -0.2) is 16.9 Å². The molecule has 0 unspecified atom stereocenters. The molecular weight excluding hydrogens is 134 g/mol. The topological polar surface area (TPSA) is 59.2 Å². The van der Waals surface area contributed by atoms with E-state index >= 15 is 0 Å². The molecular formula is C6H3NO3. The average Bonchev–Trinajstić information content (AvgIpc) is 2.39. The summed E-state index contributed by atoms with van der Waals surface area (Å²) in [5.74, 6) is -1.16. The van der Waals surface area contributed by atoms with Crippen molar-refractivity contribution in [3.8, 4) is 0 Å². The van der Waals surface area contributed by atoms with Crippen molar-refractivity contribution < 1.29 is 14.3 Å². The normalized spacial score (nSPS) is 15.2. The second kappa shape index (κ2) is 1.47. The zero-order valence-corrected chi connectivity index (χ0v) is 4.88. The Morgan fingerprint density at radius 3 is 2.80 bits per heavy atom. The third kappa shape index (κ3) is 0.452. The van der Waals surface area contributed by atoms with Gasteiger partial charge in [0, 0.05) is 6.20 Å². The highest BCUT2D eigenvalue weighted by Gasteiger charge is 2.30. The maximum atomic E-state index is 10.7. The van der Waals surface area contributed by atoms with Crippen LogP contribution in [0.4, 0.5) is 0 Å². The minimum absolute atomic E-state index is 0.255. The van der Waals surface area contributed by atoms with E-state index in [9.17, 15) is 9.59 Å². The van der Waals surface area contributed by atoms with Gasteiger partial charge >= 0.3 is 11.9 Å². The second-order valence-electron chi connectivity index (χ2n) is 1.94.